The van der Waals surface area contributed by atoms with E-state index in [2.05, 4.69) is 10.3 Å². The normalized spacial score (nSPS) is 19.3. The topological polar surface area (TPSA) is 83.8 Å². The second-order valence-corrected chi connectivity index (χ2v) is 6.92. The van der Waals surface area contributed by atoms with E-state index in [9.17, 15) is 14.4 Å². The predicted molar refractivity (Wildman–Crippen MR) is 104 cm³/mol. The number of rotatable bonds is 4. The van der Waals surface area contributed by atoms with E-state index in [0.717, 1.165) is 16.0 Å². The van der Waals surface area contributed by atoms with Crippen LogP contribution in [-0.2, 0) is 16.9 Å². The summed E-state index contributed by atoms with van der Waals surface area (Å²) in [5.41, 5.74) is 1.12. The summed E-state index contributed by atoms with van der Waals surface area (Å²) < 4.78 is 1.45. The molecule has 0 aliphatic carbocycles. The van der Waals surface area contributed by atoms with Crippen LogP contribution in [0.4, 0.5) is 4.79 Å². The Bertz CT molecular complexity index is 1140. The van der Waals surface area contributed by atoms with Crippen molar-refractivity contribution in [2.24, 2.45) is 0 Å². The molecule has 1 N–H and O–H groups in total. The van der Waals surface area contributed by atoms with Gasteiger partial charge in [0.25, 0.3) is 11.5 Å². The fourth-order valence-corrected chi connectivity index (χ4v) is 3.68. The first-order valence-corrected chi connectivity index (χ1v) is 9.14. The standard InChI is InChI=1S/C21H20N4O3/c1-3-21(15-9-5-4-6-10-15)19(27)25(20(28)23-21)13-16-12-17(26)24-11-7-8-14(2)18(24)22-16/h4-12H,3,13H2,1-2H3,(H,23,28). The highest BCUT2D eigenvalue weighted by atomic mass is 16.2. The number of amides is 3. The van der Waals surface area contributed by atoms with E-state index < -0.39 is 11.6 Å². The lowest BCUT2D eigenvalue weighted by molar-refractivity contribution is -0.132. The molecule has 1 aromatic carbocycles. The summed E-state index contributed by atoms with van der Waals surface area (Å²) in [6, 6.07) is 13.7. The van der Waals surface area contributed by atoms with E-state index in [1.807, 2.05) is 50.2 Å². The van der Waals surface area contributed by atoms with Gasteiger partial charge >= 0.3 is 6.03 Å². The van der Waals surface area contributed by atoms with E-state index >= 15 is 0 Å². The largest absolute Gasteiger partial charge is 0.325 e. The number of aryl methyl sites for hydroxylation is 1. The Kier molecular flexibility index (Phi) is 4.22. The molecule has 1 saturated heterocycles. The van der Waals surface area contributed by atoms with Crippen molar-refractivity contribution in [1.82, 2.24) is 19.6 Å². The van der Waals surface area contributed by atoms with Gasteiger partial charge in [0, 0.05) is 12.3 Å². The second-order valence-electron chi connectivity index (χ2n) is 6.92. The summed E-state index contributed by atoms with van der Waals surface area (Å²) in [5, 5.41) is 2.84. The average molecular weight is 376 g/mol. The van der Waals surface area contributed by atoms with Crippen molar-refractivity contribution in [3.63, 3.8) is 0 Å². The minimum absolute atomic E-state index is 0.0562. The van der Waals surface area contributed by atoms with E-state index in [1.54, 1.807) is 12.3 Å². The van der Waals surface area contributed by atoms with Crippen molar-refractivity contribution in [2.75, 3.05) is 0 Å². The van der Waals surface area contributed by atoms with Crippen LogP contribution in [0, 0.1) is 6.92 Å². The molecule has 1 aliphatic heterocycles. The Morgan fingerprint density at radius 1 is 1.07 bits per heavy atom. The van der Waals surface area contributed by atoms with Crippen LogP contribution in [0.25, 0.3) is 5.65 Å². The van der Waals surface area contributed by atoms with E-state index in [-0.39, 0.29) is 18.0 Å². The predicted octanol–water partition coefficient (Wildman–Crippen LogP) is 2.36. The maximum atomic E-state index is 13.2. The molecule has 0 saturated carbocycles. The smallest absolute Gasteiger partial charge is 0.319 e. The van der Waals surface area contributed by atoms with Crippen LogP contribution in [0.15, 0.2) is 59.5 Å². The van der Waals surface area contributed by atoms with Crippen molar-refractivity contribution < 1.29 is 9.59 Å². The molecular weight excluding hydrogens is 356 g/mol. The zero-order chi connectivity index (χ0) is 19.9. The molecule has 0 bridgehead atoms. The van der Waals surface area contributed by atoms with Gasteiger partial charge in [0.2, 0.25) is 0 Å². The van der Waals surface area contributed by atoms with Crippen molar-refractivity contribution >= 4 is 17.6 Å². The summed E-state index contributed by atoms with van der Waals surface area (Å²) in [5.74, 6) is -0.335. The lowest BCUT2D eigenvalue weighted by atomic mass is 9.87. The molecule has 0 spiro atoms. The summed E-state index contributed by atoms with van der Waals surface area (Å²) in [7, 11) is 0. The van der Waals surface area contributed by atoms with Crippen molar-refractivity contribution in [3.05, 3.63) is 81.9 Å². The number of benzene rings is 1. The van der Waals surface area contributed by atoms with Gasteiger partial charge in [0.05, 0.1) is 12.2 Å². The van der Waals surface area contributed by atoms with Gasteiger partial charge in [-0.1, -0.05) is 43.3 Å². The molecule has 1 unspecified atom stereocenters. The molecule has 4 rings (SSSR count). The Hall–Kier alpha value is -3.48. The molecule has 28 heavy (non-hydrogen) atoms. The maximum Gasteiger partial charge on any atom is 0.325 e. The SMILES string of the molecule is CCC1(c2ccccc2)NC(=O)N(Cc2cc(=O)n3cccc(C)c3n2)C1=O. The monoisotopic (exact) mass is 376 g/mol. The number of nitrogens with zero attached hydrogens (tertiary/aromatic N) is 3. The molecule has 3 heterocycles. The average Bonchev–Trinajstić information content (AvgIpc) is 2.95. The minimum Gasteiger partial charge on any atom is -0.319 e. The van der Waals surface area contributed by atoms with Gasteiger partial charge < -0.3 is 5.32 Å². The Balaban J connectivity index is 1.72. The van der Waals surface area contributed by atoms with E-state index in [0.29, 0.717) is 17.8 Å². The first-order valence-electron chi connectivity index (χ1n) is 9.14. The molecule has 3 aromatic rings. The van der Waals surface area contributed by atoms with Crippen molar-refractivity contribution in [3.8, 4) is 0 Å². The summed E-state index contributed by atoms with van der Waals surface area (Å²) in [4.78, 5) is 43.9. The van der Waals surface area contributed by atoms with Gasteiger partial charge in [-0.15, -0.1) is 0 Å². The summed E-state index contributed by atoms with van der Waals surface area (Å²) >= 11 is 0. The van der Waals surface area contributed by atoms with Gasteiger partial charge in [-0.2, -0.15) is 0 Å². The van der Waals surface area contributed by atoms with Gasteiger partial charge in [-0.05, 0) is 30.5 Å². The zero-order valence-electron chi connectivity index (χ0n) is 15.7. The quantitative estimate of drug-likeness (QED) is 0.709. The third-order valence-electron chi connectivity index (χ3n) is 5.23. The fourth-order valence-electron chi connectivity index (χ4n) is 3.68. The van der Waals surface area contributed by atoms with Crippen LogP contribution in [0.5, 0.6) is 0 Å². The number of hydrogen-bond acceptors (Lipinski definition) is 4. The zero-order valence-corrected chi connectivity index (χ0v) is 15.7. The van der Waals surface area contributed by atoms with Crippen LogP contribution < -0.4 is 10.9 Å². The molecular formula is C21H20N4O3. The first-order chi connectivity index (χ1) is 13.5. The number of fused-ring (bicyclic) bond motifs is 1. The lowest BCUT2D eigenvalue weighted by Crippen LogP contribution is -2.43. The third-order valence-corrected chi connectivity index (χ3v) is 5.23. The molecule has 7 heteroatoms. The number of hydrogen-bond donors (Lipinski definition) is 1. The molecule has 1 aliphatic rings. The van der Waals surface area contributed by atoms with Gasteiger partial charge in [-0.25, -0.2) is 9.78 Å². The molecule has 7 nitrogen and oxygen atoms in total. The van der Waals surface area contributed by atoms with Gasteiger partial charge in [0.1, 0.15) is 11.2 Å². The van der Waals surface area contributed by atoms with Crippen molar-refractivity contribution in [2.45, 2.75) is 32.4 Å². The highest BCUT2D eigenvalue weighted by molar-refractivity contribution is 6.07. The number of carbonyl (C=O) groups is 2. The molecule has 3 amide bonds. The minimum atomic E-state index is -1.10. The number of urea groups is 1. The molecule has 0 radical (unpaired) electrons. The first kappa shape index (κ1) is 17.9. The molecule has 2 aromatic heterocycles. The number of carbonyl (C=O) groups excluding carboxylic acids is 2. The van der Waals surface area contributed by atoms with Crippen molar-refractivity contribution in [1.29, 1.82) is 0 Å². The highest BCUT2D eigenvalue weighted by Gasteiger charge is 2.51. The van der Waals surface area contributed by atoms with E-state index in [1.165, 1.54) is 10.5 Å². The third kappa shape index (κ3) is 2.67. The summed E-state index contributed by atoms with van der Waals surface area (Å²) in [6.07, 6.45) is 2.07. The Morgan fingerprint density at radius 3 is 2.54 bits per heavy atom. The molecule has 142 valence electrons. The van der Waals surface area contributed by atoms with Crippen LogP contribution >= 0.6 is 0 Å². The van der Waals surface area contributed by atoms with E-state index in [4.69, 9.17) is 0 Å². The van der Waals surface area contributed by atoms with Gasteiger partial charge in [-0.3, -0.25) is 18.9 Å². The van der Waals surface area contributed by atoms with Gasteiger partial charge in [0.15, 0.2) is 0 Å². The Morgan fingerprint density at radius 2 is 1.82 bits per heavy atom. The number of aromatic nitrogens is 2. The number of imide groups is 1. The van der Waals surface area contributed by atoms with Crippen LogP contribution in [-0.4, -0.2) is 26.2 Å². The van der Waals surface area contributed by atoms with Crippen LogP contribution in [0.2, 0.25) is 0 Å². The molecule has 1 atom stereocenters. The number of pyridine rings is 1. The summed E-state index contributed by atoms with van der Waals surface area (Å²) in [6.45, 7) is 3.66. The lowest BCUT2D eigenvalue weighted by Gasteiger charge is -2.25. The van der Waals surface area contributed by atoms with Crippen LogP contribution in [0.1, 0.15) is 30.2 Å². The highest BCUT2D eigenvalue weighted by Crippen LogP contribution is 2.32. The molecule has 1 fully saturated rings. The Labute approximate surface area is 161 Å². The fraction of sp³-hybridized carbons (Fsp3) is 0.238. The van der Waals surface area contributed by atoms with Crippen LogP contribution in [0.3, 0.4) is 0 Å². The number of nitrogens with one attached hydrogen (secondary N) is 1. The second kappa shape index (κ2) is 6.60. The maximum absolute atomic E-state index is 13.2.